The van der Waals surface area contributed by atoms with Crippen LogP contribution in [0.4, 0.5) is 11.4 Å². The molecule has 0 saturated carbocycles. The molecule has 4 rings (SSSR count). The molecule has 9 heteroatoms. The minimum atomic E-state index is -0.785. The Morgan fingerprint density at radius 2 is 2.12 bits per heavy atom. The first-order valence-corrected chi connectivity index (χ1v) is 12.5. The summed E-state index contributed by atoms with van der Waals surface area (Å²) in [7, 11) is 0. The molecule has 0 aliphatic heterocycles. The number of carbonyl (C=O) groups is 1. The molecule has 0 saturated heterocycles. The fourth-order valence-electron chi connectivity index (χ4n) is 3.19. The fourth-order valence-corrected chi connectivity index (χ4v) is 4.64. The lowest BCUT2D eigenvalue weighted by molar-refractivity contribution is 0.0739. The van der Waals surface area contributed by atoms with Crippen LogP contribution >= 0.6 is 22.7 Å². The molecule has 0 atom stereocenters. The number of nitrogens with one attached hydrogen (secondary N) is 1. The maximum Gasteiger partial charge on any atom is 0.275 e. The zero-order valence-corrected chi connectivity index (χ0v) is 20.5. The Morgan fingerprint density at radius 3 is 2.82 bits per heavy atom. The molecule has 0 aliphatic carbocycles. The second kappa shape index (κ2) is 10.3. The van der Waals surface area contributed by atoms with Crippen LogP contribution in [0.2, 0.25) is 0 Å². The van der Waals surface area contributed by atoms with Crippen LogP contribution in [0.5, 0.6) is 0 Å². The van der Waals surface area contributed by atoms with Crippen LogP contribution in [-0.4, -0.2) is 39.3 Å². The number of nitrogens with zero attached hydrogens (tertiary/aromatic N) is 3. The van der Waals surface area contributed by atoms with Gasteiger partial charge in [0, 0.05) is 58.6 Å². The highest BCUT2D eigenvalue weighted by Gasteiger charge is 2.17. The third kappa shape index (κ3) is 5.93. The summed E-state index contributed by atoms with van der Waals surface area (Å²) < 4.78 is 0. The standard InChI is InChI=1S/C25H25N5O2S2/c1-25(2,32)6-8-28-13-18-10-21(19(11-20(18)26)17-5-9-33-14-17)29-23(31)22-15-34-24(30-22)16-4-3-7-27-12-16/h3-5,7,9-15,32H,6,8,26H2,1-2H3,(H,29,31). The van der Waals surface area contributed by atoms with E-state index in [0.717, 1.165) is 21.7 Å². The number of aliphatic hydroxyl groups is 1. The van der Waals surface area contributed by atoms with E-state index in [2.05, 4.69) is 20.3 Å². The van der Waals surface area contributed by atoms with Crippen molar-refractivity contribution in [3.8, 4) is 21.7 Å². The van der Waals surface area contributed by atoms with Gasteiger partial charge in [0.25, 0.3) is 5.91 Å². The summed E-state index contributed by atoms with van der Waals surface area (Å²) in [5, 5.41) is 19.3. The van der Waals surface area contributed by atoms with Crippen molar-refractivity contribution in [1.82, 2.24) is 9.97 Å². The number of thiophene rings is 1. The van der Waals surface area contributed by atoms with Crippen molar-refractivity contribution >= 4 is 46.2 Å². The van der Waals surface area contributed by atoms with E-state index >= 15 is 0 Å². The number of rotatable bonds is 8. The summed E-state index contributed by atoms with van der Waals surface area (Å²) in [5.74, 6) is -0.308. The number of hydrogen-bond donors (Lipinski definition) is 3. The van der Waals surface area contributed by atoms with Crippen molar-refractivity contribution in [2.45, 2.75) is 25.9 Å². The van der Waals surface area contributed by atoms with Crippen molar-refractivity contribution in [3.63, 3.8) is 0 Å². The number of benzene rings is 1. The summed E-state index contributed by atoms with van der Waals surface area (Å²) in [6, 6.07) is 9.39. The maximum atomic E-state index is 13.1. The Kier molecular flexibility index (Phi) is 7.16. The molecule has 0 bridgehead atoms. The summed E-state index contributed by atoms with van der Waals surface area (Å²) in [4.78, 5) is 26.1. The number of anilines is 2. The van der Waals surface area contributed by atoms with E-state index in [0.29, 0.717) is 35.6 Å². The van der Waals surface area contributed by atoms with Crippen molar-refractivity contribution in [1.29, 1.82) is 0 Å². The monoisotopic (exact) mass is 491 g/mol. The number of nitrogens with two attached hydrogens (primary N) is 1. The SMILES string of the molecule is CC(C)(O)CCN=Cc1cc(NC(=O)c2csc(-c3cccnc3)n2)c(-c2ccsc2)cc1N. The molecule has 0 fully saturated rings. The Bertz CT molecular complexity index is 1290. The lowest BCUT2D eigenvalue weighted by Crippen LogP contribution is -2.19. The van der Waals surface area contributed by atoms with Gasteiger partial charge in [0.15, 0.2) is 0 Å². The summed E-state index contributed by atoms with van der Waals surface area (Å²) in [5.41, 5.74) is 10.4. The van der Waals surface area contributed by atoms with Gasteiger partial charge in [-0.05, 0) is 66.9 Å². The van der Waals surface area contributed by atoms with Crippen LogP contribution < -0.4 is 11.1 Å². The zero-order chi connectivity index (χ0) is 24.1. The third-order valence-electron chi connectivity index (χ3n) is 5.03. The number of nitrogen functional groups attached to an aromatic ring is 1. The minimum absolute atomic E-state index is 0.308. The lowest BCUT2D eigenvalue weighted by atomic mass is 10.0. The smallest absolute Gasteiger partial charge is 0.275 e. The van der Waals surface area contributed by atoms with Gasteiger partial charge in [-0.25, -0.2) is 4.98 Å². The van der Waals surface area contributed by atoms with Crippen LogP contribution in [0.15, 0.2) is 63.9 Å². The van der Waals surface area contributed by atoms with Crippen molar-refractivity contribution in [3.05, 3.63) is 70.1 Å². The van der Waals surface area contributed by atoms with Gasteiger partial charge >= 0.3 is 0 Å². The van der Waals surface area contributed by atoms with Gasteiger partial charge in [-0.15, -0.1) is 11.3 Å². The number of pyridine rings is 1. The highest BCUT2D eigenvalue weighted by molar-refractivity contribution is 7.13. The fraction of sp³-hybridized carbons (Fsp3) is 0.200. The van der Waals surface area contributed by atoms with Gasteiger partial charge in [-0.1, -0.05) is 0 Å². The topological polar surface area (TPSA) is 113 Å². The predicted octanol–water partition coefficient (Wildman–Crippen LogP) is 5.35. The molecule has 4 N–H and O–H groups in total. The minimum Gasteiger partial charge on any atom is -0.398 e. The molecule has 174 valence electrons. The van der Waals surface area contributed by atoms with E-state index < -0.39 is 5.60 Å². The second-order valence-electron chi connectivity index (χ2n) is 8.37. The van der Waals surface area contributed by atoms with E-state index in [4.69, 9.17) is 5.73 Å². The molecule has 0 aliphatic rings. The molecule has 34 heavy (non-hydrogen) atoms. The molecular formula is C25H25N5O2S2. The number of amides is 1. The van der Waals surface area contributed by atoms with Crippen LogP contribution in [-0.2, 0) is 0 Å². The molecular weight excluding hydrogens is 466 g/mol. The number of carbonyl (C=O) groups excluding carboxylic acids is 1. The van der Waals surface area contributed by atoms with E-state index in [1.54, 1.807) is 49.2 Å². The van der Waals surface area contributed by atoms with Gasteiger partial charge in [-0.3, -0.25) is 14.8 Å². The first kappa shape index (κ1) is 23.7. The van der Waals surface area contributed by atoms with Gasteiger partial charge in [0.2, 0.25) is 0 Å². The Labute approximate surface area is 206 Å². The Morgan fingerprint density at radius 1 is 1.26 bits per heavy atom. The van der Waals surface area contributed by atoms with Crippen LogP contribution in [0.1, 0.15) is 36.3 Å². The molecule has 7 nitrogen and oxygen atoms in total. The number of aromatic nitrogens is 2. The van der Waals surface area contributed by atoms with E-state index in [-0.39, 0.29) is 5.91 Å². The molecule has 3 heterocycles. The van der Waals surface area contributed by atoms with Gasteiger partial charge in [-0.2, -0.15) is 11.3 Å². The normalized spacial score (nSPS) is 11.7. The van der Waals surface area contributed by atoms with E-state index in [1.807, 2.05) is 41.1 Å². The summed E-state index contributed by atoms with van der Waals surface area (Å²) in [6.45, 7) is 3.96. The average Bonchev–Trinajstić information content (AvgIpc) is 3.51. The first-order chi connectivity index (χ1) is 16.3. The number of hydrogen-bond acceptors (Lipinski definition) is 8. The zero-order valence-electron chi connectivity index (χ0n) is 18.9. The van der Waals surface area contributed by atoms with Gasteiger partial charge in [0.1, 0.15) is 10.7 Å². The van der Waals surface area contributed by atoms with Crippen LogP contribution in [0.3, 0.4) is 0 Å². The quantitative estimate of drug-likeness (QED) is 0.227. The molecule has 0 radical (unpaired) electrons. The largest absolute Gasteiger partial charge is 0.398 e. The Balaban J connectivity index is 1.61. The van der Waals surface area contributed by atoms with Crippen molar-refractivity contribution in [2.24, 2.45) is 4.99 Å². The average molecular weight is 492 g/mol. The Hall–Kier alpha value is -3.40. The molecule has 4 aromatic rings. The number of aliphatic imine (C=N–C) groups is 1. The predicted molar refractivity (Wildman–Crippen MR) is 141 cm³/mol. The molecule has 0 spiro atoms. The van der Waals surface area contributed by atoms with E-state index in [1.165, 1.54) is 11.3 Å². The number of thiazole rings is 1. The molecule has 3 aromatic heterocycles. The van der Waals surface area contributed by atoms with Crippen molar-refractivity contribution < 1.29 is 9.90 Å². The summed E-state index contributed by atoms with van der Waals surface area (Å²) in [6.07, 6.45) is 5.63. The second-order valence-corrected chi connectivity index (χ2v) is 10.0. The van der Waals surface area contributed by atoms with E-state index in [9.17, 15) is 9.90 Å². The van der Waals surface area contributed by atoms with Gasteiger partial charge in [0.05, 0.1) is 5.60 Å². The molecule has 1 aromatic carbocycles. The third-order valence-corrected chi connectivity index (χ3v) is 6.61. The highest BCUT2D eigenvalue weighted by Crippen LogP contribution is 2.34. The molecule has 1 amide bonds. The van der Waals surface area contributed by atoms with Crippen molar-refractivity contribution in [2.75, 3.05) is 17.6 Å². The highest BCUT2D eigenvalue weighted by atomic mass is 32.1. The summed E-state index contributed by atoms with van der Waals surface area (Å²) >= 11 is 2.96. The molecule has 0 unspecified atom stereocenters. The van der Waals surface area contributed by atoms with Crippen LogP contribution in [0.25, 0.3) is 21.7 Å². The first-order valence-electron chi connectivity index (χ1n) is 10.7. The lowest BCUT2D eigenvalue weighted by Gasteiger charge is -2.15. The van der Waals surface area contributed by atoms with Gasteiger partial charge < -0.3 is 16.2 Å². The maximum absolute atomic E-state index is 13.1. The van der Waals surface area contributed by atoms with Crippen LogP contribution in [0, 0.1) is 0 Å².